The van der Waals surface area contributed by atoms with E-state index in [9.17, 15) is 5.11 Å². The van der Waals surface area contributed by atoms with E-state index in [1.165, 1.54) is 5.56 Å². The lowest BCUT2D eigenvalue weighted by Crippen LogP contribution is -2.40. The van der Waals surface area contributed by atoms with Crippen molar-refractivity contribution in [1.82, 2.24) is 0 Å². The molecule has 1 saturated heterocycles. The molecule has 0 aromatic heterocycles. The van der Waals surface area contributed by atoms with Crippen molar-refractivity contribution in [2.75, 3.05) is 6.61 Å². The van der Waals surface area contributed by atoms with E-state index in [1.807, 2.05) is 12.1 Å². The molecule has 1 aromatic rings. The molecule has 1 N–H and O–H groups in total. The number of aryl methyl sites for hydroxylation is 1. The first-order valence-electron chi connectivity index (χ1n) is 6.98. The molecule has 0 radical (unpaired) electrons. The van der Waals surface area contributed by atoms with Crippen LogP contribution in [0.2, 0.25) is 0 Å². The summed E-state index contributed by atoms with van der Waals surface area (Å²) in [5.74, 6) is 0.450. The molecule has 1 fully saturated rings. The number of benzene rings is 1. The smallest absolute Gasteiger partial charge is 0.0943 e. The van der Waals surface area contributed by atoms with Crippen molar-refractivity contribution in [3.63, 3.8) is 0 Å². The van der Waals surface area contributed by atoms with Gasteiger partial charge in [0.15, 0.2) is 0 Å². The third-order valence-corrected chi connectivity index (χ3v) is 4.00. The molecule has 1 aromatic carbocycles. The first-order valence-corrected chi connectivity index (χ1v) is 6.98. The highest BCUT2D eigenvalue weighted by molar-refractivity contribution is 5.29. The second kappa shape index (κ2) is 5.41. The topological polar surface area (TPSA) is 29.5 Å². The molecule has 2 unspecified atom stereocenters. The summed E-state index contributed by atoms with van der Waals surface area (Å²) < 4.78 is 5.75. The molecule has 18 heavy (non-hydrogen) atoms. The lowest BCUT2D eigenvalue weighted by molar-refractivity contribution is -0.121. The van der Waals surface area contributed by atoms with Crippen LogP contribution in [0.1, 0.15) is 44.7 Å². The molecule has 0 spiro atoms. The molecule has 0 amide bonds. The molecule has 2 heteroatoms. The fourth-order valence-corrected chi connectivity index (χ4v) is 2.64. The molecule has 1 aliphatic rings. The minimum absolute atomic E-state index is 0.161. The second-order valence-corrected chi connectivity index (χ2v) is 5.69. The Balaban J connectivity index is 2.23. The standard InChI is InChI=1S/C16H24O2/c1-4-13-6-5-7-14(10-13)16(17)8-9-18-15(11-16)12(2)3/h5-7,10,12,15,17H,4,8-9,11H2,1-3H3. The van der Waals surface area contributed by atoms with Crippen molar-refractivity contribution in [1.29, 1.82) is 0 Å². The van der Waals surface area contributed by atoms with Crippen LogP contribution in [-0.4, -0.2) is 17.8 Å². The third-order valence-electron chi connectivity index (χ3n) is 4.00. The SMILES string of the molecule is CCc1cccc(C2(O)CCOC(C(C)C)C2)c1. The van der Waals surface area contributed by atoms with E-state index < -0.39 is 5.60 Å². The van der Waals surface area contributed by atoms with Gasteiger partial charge in [0.2, 0.25) is 0 Å². The molecule has 2 atom stereocenters. The average molecular weight is 248 g/mol. The predicted molar refractivity (Wildman–Crippen MR) is 73.5 cm³/mol. The van der Waals surface area contributed by atoms with Crippen LogP contribution in [-0.2, 0) is 16.8 Å². The number of hydrogen-bond acceptors (Lipinski definition) is 2. The fourth-order valence-electron chi connectivity index (χ4n) is 2.64. The van der Waals surface area contributed by atoms with Crippen LogP contribution in [0.4, 0.5) is 0 Å². The van der Waals surface area contributed by atoms with Crippen LogP contribution in [0.25, 0.3) is 0 Å². The van der Waals surface area contributed by atoms with Gasteiger partial charge in [-0.15, -0.1) is 0 Å². The summed E-state index contributed by atoms with van der Waals surface area (Å²) in [6.45, 7) is 7.09. The van der Waals surface area contributed by atoms with Crippen molar-refractivity contribution in [3.8, 4) is 0 Å². The predicted octanol–water partition coefficient (Wildman–Crippen LogP) is 3.27. The van der Waals surface area contributed by atoms with Crippen molar-refractivity contribution in [3.05, 3.63) is 35.4 Å². The maximum absolute atomic E-state index is 10.9. The summed E-state index contributed by atoms with van der Waals surface area (Å²) >= 11 is 0. The Morgan fingerprint density at radius 1 is 1.44 bits per heavy atom. The minimum atomic E-state index is -0.710. The van der Waals surface area contributed by atoms with Crippen molar-refractivity contribution in [2.45, 2.75) is 51.7 Å². The summed E-state index contributed by atoms with van der Waals surface area (Å²) in [7, 11) is 0. The van der Waals surface area contributed by atoms with Gasteiger partial charge in [0.05, 0.1) is 18.3 Å². The maximum atomic E-state index is 10.9. The quantitative estimate of drug-likeness (QED) is 0.889. The van der Waals surface area contributed by atoms with E-state index in [1.54, 1.807) is 0 Å². The van der Waals surface area contributed by atoms with Gasteiger partial charge in [-0.2, -0.15) is 0 Å². The van der Waals surface area contributed by atoms with E-state index in [0.717, 1.165) is 12.0 Å². The molecule has 2 rings (SSSR count). The van der Waals surface area contributed by atoms with Crippen molar-refractivity contribution >= 4 is 0 Å². The Kier molecular flexibility index (Phi) is 4.08. The van der Waals surface area contributed by atoms with Crippen molar-refractivity contribution in [2.24, 2.45) is 5.92 Å². The largest absolute Gasteiger partial charge is 0.385 e. The minimum Gasteiger partial charge on any atom is -0.385 e. The number of aliphatic hydroxyl groups is 1. The van der Waals surface area contributed by atoms with Gasteiger partial charge in [-0.3, -0.25) is 0 Å². The third kappa shape index (κ3) is 2.76. The summed E-state index contributed by atoms with van der Waals surface area (Å²) in [6, 6.07) is 8.35. The van der Waals surface area contributed by atoms with Crippen LogP contribution < -0.4 is 0 Å². The van der Waals surface area contributed by atoms with Crippen LogP contribution in [0.3, 0.4) is 0 Å². The zero-order chi connectivity index (χ0) is 13.2. The maximum Gasteiger partial charge on any atom is 0.0943 e. The first kappa shape index (κ1) is 13.6. The van der Waals surface area contributed by atoms with E-state index in [-0.39, 0.29) is 6.10 Å². The second-order valence-electron chi connectivity index (χ2n) is 5.69. The Morgan fingerprint density at radius 2 is 2.22 bits per heavy atom. The summed E-state index contributed by atoms with van der Waals surface area (Å²) in [5.41, 5.74) is 1.63. The monoisotopic (exact) mass is 248 g/mol. The molecule has 0 bridgehead atoms. The molecule has 1 aliphatic heterocycles. The normalized spacial score (nSPS) is 28.6. The van der Waals surface area contributed by atoms with Gasteiger partial charge in [-0.05, 0) is 23.5 Å². The molecule has 0 saturated carbocycles. The molecular weight excluding hydrogens is 224 g/mol. The molecule has 1 heterocycles. The van der Waals surface area contributed by atoms with Crippen LogP contribution in [0.15, 0.2) is 24.3 Å². The van der Waals surface area contributed by atoms with E-state index in [0.29, 0.717) is 25.4 Å². The van der Waals surface area contributed by atoms with Gasteiger partial charge in [0, 0.05) is 12.8 Å². The summed E-state index contributed by atoms with van der Waals surface area (Å²) in [6.07, 6.45) is 2.57. The Morgan fingerprint density at radius 3 is 2.89 bits per heavy atom. The number of ether oxygens (including phenoxy) is 1. The van der Waals surface area contributed by atoms with Gasteiger partial charge in [0.25, 0.3) is 0 Å². The number of rotatable bonds is 3. The summed E-state index contributed by atoms with van der Waals surface area (Å²) in [5, 5.41) is 10.9. The van der Waals surface area contributed by atoms with E-state index in [2.05, 4.69) is 32.9 Å². The van der Waals surface area contributed by atoms with Crippen LogP contribution >= 0.6 is 0 Å². The summed E-state index contributed by atoms with van der Waals surface area (Å²) in [4.78, 5) is 0. The van der Waals surface area contributed by atoms with Crippen LogP contribution in [0, 0.1) is 5.92 Å². The van der Waals surface area contributed by atoms with Crippen molar-refractivity contribution < 1.29 is 9.84 Å². The number of hydrogen-bond donors (Lipinski definition) is 1. The lowest BCUT2D eigenvalue weighted by Gasteiger charge is -2.39. The van der Waals surface area contributed by atoms with Gasteiger partial charge in [-0.1, -0.05) is 45.0 Å². The molecule has 2 nitrogen and oxygen atoms in total. The molecular formula is C16H24O2. The van der Waals surface area contributed by atoms with Gasteiger partial charge < -0.3 is 9.84 Å². The Bertz CT molecular complexity index is 400. The average Bonchev–Trinajstić information content (AvgIpc) is 2.39. The Labute approximate surface area is 110 Å². The Hall–Kier alpha value is -0.860. The zero-order valence-corrected chi connectivity index (χ0v) is 11.6. The highest BCUT2D eigenvalue weighted by Gasteiger charge is 2.37. The zero-order valence-electron chi connectivity index (χ0n) is 11.6. The van der Waals surface area contributed by atoms with Gasteiger partial charge in [0.1, 0.15) is 0 Å². The molecule has 0 aliphatic carbocycles. The fraction of sp³-hybridized carbons (Fsp3) is 0.625. The van der Waals surface area contributed by atoms with E-state index in [4.69, 9.17) is 4.74 Å². The highest BCUT2D eigenvalue weighted by Crippen LogP contribution is 2.37. The highest BCUT2D eigenvalue weighted by atomic mass is 16.5. The lowest BCUT2D eigenvalue weighted by atomic mass is 9.80. The van der Waals surface area contributed by atoms with Gasteiger partial charge in [-0.25, -0.2) is 0 Å². The van der Waals surface area contributed by atoms with E-state index >= 15 is 0 Å². The molecule has 100 valence electrons. The van der Waals surface area contributed by atoms with Gasteiger partial charge >= 0.3 is 0 Å². The first-order chi connectivity index (χ1) is 8.55. The van der Waals surface area contributed by atoms with Crippen LogP contribution in [0.5, 0.6) is 0 Å².